The molecule has 0 unspecified atom stereocenters. The van der Waals surface area contributed by atoms with Gasteiger partial charge in [-0.15, -0.1) is 0 Å². The van der Waals surface area contributed by atoms with Gasteiger partial charge in [0, 0.05) is 12.8 Å². The molecule has 1 aliphatic rings. The minimum Gasteiger partial charge on any atom is -0.291 e. The summed E-state index contributed by atoms with van der Waals surface area (Å²) in [6.45, 7) is 0. The number of rotatable bonds is 0. The summed E-state index contributed by atoms with van der Waals surface area (Å²) in [7, 11) is 0. The number of allylic oxidation sites excluding steroid dienone is 2. The third kappa shape index (κ3) is 8.74. The van der Waals surface area contributed by atoms with Gasteiger partial charge in [-0.05, 0) is 38.5 Å². The van der Waals surface area contributed by atoms with Crippen molar-refractivity contribution >= 4 is 11.6 Å². The van der Waals surface area contributed by atoms with E-state index in [1.807, 2.05) is 0 Å². The Balaban J connectivity index is 2.29. The summed E-state index contributed by atoms with van der Waals surface area (Å²) in [4.78, 5) is 23.2. The first-order valence-electron chi connectivity index (χ1n) is 8.02. The SMILES string of the molecule is O=C1CCCCC/C=C\CCCCCCCCC1=O. The zero-order valence-corrected chi connectivity index (χ0v) is 12.2. The predicted molar refractivity (Wildman–Crippen MR) is 79.2 cm³/mol. The van der Waals surface area contributed by atoms with E-state index < -0.39 is 0 Å². The second-order valence-electron chi connectivity index (χ2n) is 5.58. The zero-order valence-electron chi connectivity index (χ0n) is 12.2. The van der Waals surface area contributed by atoms with Crippen LogP contribution in [0.3, 0.4) is 0 Å². The number of carbonyl (C=O) groups is 2. The Bertz CT molecular complexity index is 292. The molecule has 0 radical (unpaired) electrons. The summed E-state index contributed by atoms with van der Waals surface area (Å²) in [6.07, 6.45) is 17.9. The molecular weight excluding hydrogens is 236 g/mol. The fourth-order valence-electron chi connectivity index (χ4n) is 2.49. The van der Waals surface area contributed by atoms with Crippen molar-refractivity contribution in [2.75, 3.05) is 0 Å². The lowest BCUT2D eigenvalue weighted by molar-refractivity contribution is -0.136. The first-order valence-corrected chi connectivity index (χ1v) is 8.02. The molecule has 1 rings (SSSR count). The van der Waals surface area contributed by atoms with Crippen LogP contribution in [0.15, 0.2) is 12.2 Å². The maximum Gasteiger partial charge on any atom is 0.198 e. The van der Waals surface area contributed by atoms with Gasteiger partial charge in [0.15, 0.2) is 11.6 Å². The lowest BCUT2D eigenvalue weighted by Crippen LogP contribution is -2.13. The highest BCUT2D eigenvalue weighted by Crippen LogP contribution is 2.12. The quantitative estimate of drug-likeness (QED) is 0.466. The number of hydrogen-bond acceptors (Lipinski definition) is 2. The molecule has 2 heteroatoms. The molecule has 2 nitrogen and oxygen atoms in total. The highest BCUT2D eigenvalue weighted by atomic mass is 16.2. The minimum absolute atomic E-state index is 0.135. The van der Waals surface area contributed by atoms with Crippen LogP contribution in [-0.4, -0.2) is 11.6 Å². The Morgan fingerprint density at radius 2 is 0.895 bits per heavy atom. The van der Waals surface area contributed by atoms with Gasteiger partial charge in [0.1, 0.15) is 0 Å². The Hall–Kier alpha value is -0.920. The van der Waals surface area contributed by atoms with Crippen LogP contribution < -0.4 is 0 Å². The standard InChI is InChI=1S/C17H28O2/c18-16-14-12-10-8-6-4-2-1-3-5-7-9-11-13-15-17(16)19/h2,4H,1,3,5-15H2/b4-2-. The monoisotopic (exact) mass is 264 g/mol. The van der Waals surface area contributed by atoms with E-state index in [4.69, 9.17) is 0 Å². The van der Waals surface area contributed by atoms with E-state index in [0.717, 1.165) is 38.5 Å². The topological polar surface area (TPSA) is 34.1 Å². The largest absolute Gasteiger partial charge is 0.291 e. The van der Waals surface area contributed by atoms with E-state index in [-0.39, 0.29) is 11.6 Å². The summed E-state index contributed by atoms with van der Waals surface area (Å²) in [5, 5.41) is 0. The Morgan fingerprint density at radius 1 is 0.526 bits per heavy atom. The molecule has 1 aliphatic carbocycles. The van der Waals surface area contributed by atoms with Gasteiger partial charge in [-0.1, -0.05) is 44.3 Å². The summed E-state index contributed by atoms with van der Waals surface area (Å²) >= 11 is 0. The van der Waals surface area contributed by atoms with Gasteiger partial charge in [-0.3, -0.25) is 9.59 Å². The van der Waals surface area contributed by atoms with Crippen molar-refractivity contribution in [2.24, 2.45) is 0 Å². The van der Waals surface area contributed by atoms with Gasteiger partial charge < -0.3 is 0 Å². The summed E-state index contributed by atoms with van der Waals surface area (Å²) in [6, 6.07) is 0. The Kier molecular flexibility index (Phi) is 9.30. The van der Waals surface area contributed by atoms with Gasteiger partial charge in [0.25, 0.3) is 0 Å². The van der Waals surface area contributed by atoms with Crippen LogP contribution >= 0.6 is 0 Å². The van der Waals surface area contributed by atoms with Crippen molar-refractivity contribution in [1.82, 2.24) is 0 Å². The molecule has 0 amide bonds. The molecule has 19 heavy (non-hydrogen) atoms. The number of Topliss-reactive ketones (excluding diaryl/α,β-unsaturated/α-hetero) is 2. The van der Waals surface area contributed by atoms with E-state index in [1.54, 1.807) is 0 Å². The molecule has 0 fully saturated rings. The molecule has 0 spiro atoms. The fourth-order valence-corrected chi connectivity index (χ4v) is 2.49. The smallest absolute Gasteiger partial charge is 0.198 e. The molecule has 0 atom stereocenters. The van der Waals surface area contributed by atoms with Crippen LogP contribution in [-0.2, 0) is 9.59 Å². The van der Waals surface area contributed by atoms with Crippen molar-refractivity contribution in [3.8, 4) is 0 Å². The molecule has 0 aliphatic heterocycles. The van der Waals surface area contributed by atoms with E-state index in [2.05, 4.69) is 12.2 Å². The fraction of sp³-hybridized carbons (Fsp3) is 0.765. The molecule has 0 bridgehead atoms. The summed E-state index contributed by atoms with van der Waals surface area (Å²) < 4.78 is 0. The van der Waals surface area contributed by atoms with Crippen LogP contribution in [0.25, 0.3) is 0 Å². The molecule has 0 heterocycles. The Labute approximate surface area is 117 Å². The van der Waals surface area contributed by atoms with Crippen molar-refractivity contribution in [3.05, 3.63) is 12.2 Å². The first kappa shape index (κ1) is 16.1. The van der Waals surface area contributed by atoms with Crippen molar-refractivity contribution < 1.29 is 9.59 Å². The van der Waals surface area contributed by atoms with Crippen LogP contribution in [0.5, 0.6) is 0 Å². The third-order valence-corrected chi connectivity index (χ3v) is 3.78. The van der Waals surface area contributed by atoms with Crippen molar-refractivity contribution in [1.29, 1.82) is 0 Å². The average Bonchev–Trinajstić information content (AvgIpc) is 2.41. The number of hydrogen-bond donors (Lipinski definition) is 0. The van der Waals surface area contributed by atoms with E-state index >= 15 is 0 Å². The highest BCUT2D eigenvalue weighted by molar-refractivity contribution is 6.37. The van der Waals surface area contributed by atoms with E-state index in [9.17, 15) is 9.59 Å². The molecule has 0 aromatic heterocycles. The van der Waals surface area contributed by atoms with Crippen LogP contribution in [0, 0.1) is 0 Å². The zero-order chi connectivity index (χ0) is 13.8. The maximum absolute atomic E-state index is 11.6. The van der Waals surface area contributed by atoms with Crippen molar-refractivity contribution in [2.45, 2.75) is 83.5 Å². The van der Waals surface area contributed by atoms with E-state index in [0.29, 0.717) is 12.8 Å². The second-order valence-corrected chi connectivity index (χ2v) is 5.58. The maximum atomic E-state index is 11.6. The first-order chi connectivity index (χ1) is 9.30. The van der Waals surface area contributed by atoms with Crippen molar-refractivity contribution in [3.63, 3.8) is 0 Å². The van der Waals surface area contributed by atoms with Gasteiger partial charge >= 0.3 is 0 Å². The summed E-state index contributed by atoms with van der Waals surface area (Å²) in [5.74, 6) is -0.274. The number of ketones is 2. The van der Waals surface area contributed by atoms with Gasteiger partial charge in [-0.25, -0.2) is 0 Å². The minimum atomic E-state index is -0.139. The molecular formula is C17H28O2. The van der Waals surface area contributed by atoms with Crippen LogP contribution in [0.4, 0.5) is 0 Å². The highest BCUT2D eigenvalue weighted by Gasteiger charge is 2.12. The molecule has 0 saturated heterocycles. The predicted octanol–water partition coefficient (Wildman–Crippen LogP) is 4.77. The lowest BCUT2D eigenvalue weighted by Gasteiger charge is -2.01. The van der Waals surface area contributed by atoms with Gasteiger partial charge in [0.2, 0.25) is 0 Å². The molecule has 0 saturated carbocycles. The molecule has 0 aromatic rings. The van der Waals surface area contributed by atoms with Gasteiger partial charge in [-0.2, -0.15) is 0 Å². The van der Waals surface area contributed by atoms with Crippen LogP contribution in [0.2, 0.25) is 0 Å². The average molecular weight is 264 g/mol. The second kappa shape index (κ2) is 11.0. The summed E-state index contributed by atoms with van der Waals surface area (Å²) in [5.41, 5.74) is 0. The third-order valence-electron chi connectivity index (χ3n) is 3.78. The molecule has 0 aromatic carbocycles. The molecule has 0 N–H and O–H groups in total. The van der Waals surface area contributed by atoms with Gasteiger partial charge in [0.05, 0.1) is 0 Å². The number of carbonyl (C=O) groups excluding carboxylic acids is 2. The normalized spacial score (nSPS) is 23.8. The lowest BCUT2D eigenvalue weighted by atomic mass is 10.0. The van der Waals surface area contributed by atoms with E-state index in [1.165, 1.54) is 32.1 Å². The molecule has 108 valence electrons. The Morgan fingerprint density at radius 3 is 1.42 bits per heavy atom. The van der Waals surface area contributed by atoms with Crippen LogP contribution in [0.1, 0.15) is 83.5 Å².